The smallest absolute Gasteiger partial charge is 0.289 e. The number of carbonyl (C=O) groups is 1. The van der Waals surface area contributed by atoms with Gasteiger partial charge in [-0.3, -0.25) is 14.9 Å². The van der Waals surface area contributed by atoms with Crippen LogP contribution in [0.2, 0.25) is 0 Å². The maximum Gasteiger partial charge on any atom is 0.289 e. The zero-order valence-corrected chi connectivity index (χ0v) is 15.2. The first-order valence-electron chi connectivity index (χ1n) is 8.31. The number of nitrogens with zero attached hydrogens (tertiary/aromatic N) is 3. The van der Waals surface area contributed by atoms with E-state index in [4.69, 9.17) is 0 Å². The molecular formula is C16H23N3O5S. The van der Waals surface area contributed by atoms with Crippen LogP contribution in [0.5, 0.6) is 0 Å². The average Bonchev–Trinajstić information content (AvgIpc) is 2.61. The van der Waals surface area contributed by atoms with Crippen LogP contribution in [0.3, 0.4) is 0 Å². The van der Waals surface area contributed by atoms with E-state index in [1.54, 1.807) is 4.90 Å². The Kier molecular flexibility index (Phi) is 6.12. The molecule has 1 aromatic rings. The Hall–Kier alpha value is -2.00. The third-order valence-electron chi connectivity index (χ3n) is 4.37. The van der Waals surface area contributed by atoms with E-state index in [0.29, 0.717) is 13.1 Å². The fraction of sp³-hybridized carbons (Fsp3) is 0.562. The first kappa shape index (κ1) is 19.3. The molecule has 25 heavy (non-hydrogen) atoms. The van der Waals surface area contributed by atoms with E-state index >= 15 is 0 Å². The standard InChI is InChI=1S/C16H23N3O5S/c1-3-6-13(2)16(20)17-9-11-18(12-10-17)25(23,24)15-8-5-4-7-14(15)19(21)22/h4-5,7-8,13H,3,6,9-12H2,1-2H3. The van der Waals surface area contributed by atoms with E-state index in [-0.39, 0.29) is 29.8 Å². The zero-order valence-electron chi connectivity index (χ0n) is 14.4. The number of rotatable bonds is 6. The minimum Gasteiger partial charge on any atom is -0.340 e. The summed E-state index contributed by atoms with van der Waals surface area (Å²) < 4.78 is 26.7. The number of para-hydroxylation sites is 1. The van der Waals surface area contributed by atoms with Crippen LogP contribution in [0, 0.1) is 16.0 Å². The molecule has 0 saturated carbocycles. The third kappa shape index (κ3) is 4.16. The SMILES string of the molecule is CCCC(C)C(=O)N1CCN(S(=O)(=O)c2ccccc2[N+](=O)[O-])CC1. The van der Waals surface area contributed by atoms with Gasteiger partial charge in [0.2, 0.25) is 15.9 Å². The summed E-state index contributed by atoms with van der Waals surface area (Å²) in [5.41, 5.74) is -0.433. The van der Waals surface area contributed by atoms with Crippen LogP contribution in [0.4, 0.5) is 5.69 Å². The summed E-state index contributed by atoms with van der Waals surface area (Å²) >= 11 is 0. The van der Waals surface area contributed by atoms with E-state index in [0.717, 1.165) is 12.8 Å². The van der Waals surface area contributed by atoms with Crippen LogP contribution in [0.25, 0.3) is 0 Å². The molecule has 2 rings (SSSR count). The van der Waals surface area contributed by atoms with Crippen molar-refractivity contribution in [2.75, 3.05) is 26.2 Å². The molecule has 1 atom stereocenters. The van der Waals surface area contributed by atoms with Crippen LogP contribution in [0.1, 0.15) is 26.7 Å². The summed E-state index contributed by atoms with van der Waals surface area (Å²) in [6.07, 6.45) is 1.71. The first-order chi connectivity index (χ1) is 11.8. The predicted octanol–water partition coefficient (Wildman–Crippen LogP) is 1.86. The quantitative estimate of drug-likeness (QED) is 0.563. The van der Waals surface area contributed by atoms with Crippen molar-refractivity contribution in [1.82, 2.24) is 9.21 Å². The highest BCUT2D eigenvalue weighted by molar-refractivity contribution is 7.89. The fourth-order valence-corrected chi connectivity index (χ4v) is 4.56. The number of nitro benzene ring substituents is 1. The molecule has 0 spiro atoms. The van der Waals surface area contributed by atoms with Gasteiger partial charge in [-0.2, -0.15) is 4.31 Å². The second-order valence-corrected chi connectivity index (χ2v) is 8.05. The molecule has 0 aromatic heterocycles. The molecule has 0 radical (unpaired) electrons. The number of hydrogen-bond acceptors (Lipinski definition) is 5. The summed E-state index contributed by atoms with van der Waals surface area (Å²) in [7, 11) is -3.96. The molecule has 1 heterocycles. The fourth-order valence-electron chi connectivity index (χ4n) is 2.98. The number of nitro groups is 1. The van der Waals surface area contributed by atoms with Gasteiger partial charge >= 0.3 is 0 Å². The minimum absolute atomic E-state index is 0.0320. The summed E-state index contributed by atoms with van der Waals surface area (Å²) in [5.74, 6) is -0.0482. The molecule has 1 unspecified atom stereocenters. The highest BCUT2D eigenvalue weighted by atomic mass is 32.2. The summed E-state index contributed by atoms with van der Waals surface area (Å²) in [4.78, 5) is 24.1. The maximum absolute atomic E-state index is 12.7. The van der Waals surface area contributed by atoms with Gasteiger partial charge in [-0.05, 0) is 12.5 Å². The van der Waals surface area contributed by atoms with E-state index in [1.165, 1.54) is 28.6 Å². The highest BCUT2D eigenvalue weighted by Crippen LogP contribution is 2.27. The van der Waals surface area contributed by atoms with Crippen LogP contribution in [0.15, 0.2) is 29.2 Å². The molecule has 1 fully saturated rings. The van der Waals surface area contributed by atoms with Crippen molar-refractivity contribution in [2.24, 2.45) is 5.92 Å². The van der Waals surface area contributed by atoms with Crippen molar-refractivity contribution in [1.29, 1.82) is 0 Å². The molecule has 9 heteroatoms. The van der Waals surface area contributed by atoms with Gasteiger partial charge in [-0.15, -0.1) is 0 Å². The monoisotopic (exact) mass is 369 g/mol. The second-order valence-electron chi connectivity index (χ2n) is 6.14. The normalized spacial score (nSPS) is 17.3. The number of benzene rings is 1. The van der Waals surface area contributed by atoms with Crippen LogP contribution in [-0.4, -0.2) is 54.6 Å². The summed E-state index contributed by atoms with van der Waals surface area (Å²) in [6.45, 7) is 4.76. The van der Waals surface area contributed by atoms with Gasteiger partial charge in [0.15, 0.2) is 4.90 Å². The Labute approximate surface area is 147 Å². The Morgan fingerprint density at radius 3 is 2.40 bits per heavy atom. The van der Waals surface area contributed by atoms with Crippen molar-refractivity contribution in [3.8, 4) is 0 Å². The molecule has 0 aliphatic carbocycles. The molecule has 8 nitrogen and oxygen atoms in total. The number of carbonyl (C=O) groups excluding carboxylic acids is 1. The molecule has 0 bridgehead atoms. The van der Waals surface area contributed by atoms with Crippen LogP contribution < -0.4 is 0 Å². The minimum atomic E-state index is -3.96. The highest BCUT2D eigenvalue weighted by Gasteiger charge is 2.34. The van der Waals surface area contributed by atoms with Crippen molar-refractivity contribution in [2.45, 2.75) is 31.6 Å². The van der Waals surface area contributed by atoms with Gasteiger partial charge in [-0.1, -0.05) is 32.4 Å². The van der Waals surface area contributed by atoms with Gasteiger partial charge in [0.1, 0.15) is 0 Å². The second kappa shape index (κ2) is 7.92. The molecule has 1 aromatic carbocycles. The number of amides is 1. The molecule has 1 amide bonds. The topological polar surface area (TPSA) is 101 Å². The lowest BCUT2D eigenvalue weighted by atomic mass is 10.0. The number of hydrogen-bond donors (Lipinski definition) is 0. The lowest BCUT2D eigenvalue weighted by Gasteiger charge is -2.35. The van der Waals surface area contributed by atoms with Crippen molar-refractivity contribution in [3.05, 3.63) is 34.4 Å². The van der Waals surface area contributed by atoms with E-state index in [9.17, 15) is 23.3 Å². The molecule has 1 aliphatic rings. The number of sulfonamides is 1. The first-order valence-corrected chi connectivity index (χ1v) is 9.75. The Balaban J connectivity index is 2.12. The van der Waals surface area contributed by atoms with Crippen molar-refractivity contribution >= 4 is 21.6 Å². The predicted molar refractivity (Wildman–Crippen MR) is 92.5 cm³/mol. The molecule has 1 saturated heterocycles. The van der Waals surface area contributed by atoms with Crippen molar-refractivity contribution < 1.29 is 18.1 Å². The molecule has 0 N–H and O–H groups in total. The lowest BCUT2D eigenvalue weighted by Crippen LogP contribution is -2.51. The van der Waals surface area contributed by atoms with E-state index in [2.05, 4.69) is 0 Å². The van der Waals surface area contributed by atoms with Gasteiger partial charge in [0.05, 0.1) is 4.92 Å². The Bertz CT molecular complexity index is 742. The largest absolute Gasteiger partial charge is 0.340 e. The number of piperazine rings is 1. The van der Waals surface area contributed by atoms with Gasteiger partial charge in [-0.25, -0.2) is 8.42 Å². The molecule has 1 aliphatic heterocycles. The Morgan fingerprint density at radius 2 is 1.84 bits per heavy atom. The maximum atomic E-state index is 12.7. The van der Waals surface area contributed by atoms with Gasteiger partial charge in [0.25, 0.3) is 5.69 Å². The zero-order chi connectivity index (χ0) is 18.6. The summed E-state index contributed by atoms with van der Waals surface area (Å²) in [6, 6.07) is 5.32. The summed E-state index contributed by atoms with van der Waals surface area (Å²) in [5, 5.41) is 11.1. The molecular weight excluding hydrogens is 346 g/mol. The van der Waals surface area contributed by atoms with Crippen molar-refractivity contribution in [3.63, 3.8) is 0 Å². The van der Waals surface area contributed by atoms with E-state index in [1.807, 2.05) is 13.8 Å². The average molecular weight is 369 g/mol. The van der Waals surface area contributed by atoms with Gasteiger partial charge in [0, 0.05) is 38.2 Å². The van der Waals surface area contributed by atoms with Crippen LogP contribution in [-0.2, 0) is 14.8 Å². The Morgan fingerprint density at radius 1 is 1.24 bits per heavy atom. The third-order valence-corrected chi connectivity index (χ3v) is 6.32. The van der Waals surface area contributed by atoms with Crippen LogP contribution >= 0.6 is 0 Å². The lowest BCUT2D eigenvalue weighted by molar-refractivity contribution is -0.387. The van der Waals surface area contributed by atoms with E-state index < -0.39 is 20.6 Å². The van der Waals surface area contributed by atoms with Gasteiger partial charge < -0.3 is 4.90 Å². The molecule has 138 valence electrons.